The second-order valence-electron chi connectivity index (χ2n) is 7.98. The minimum Gasteiger partial charge on any atom is -0.371 e. The Balaban J connectivity index is 1.42. The largest absolute Gasteiger partial charge is 0.371 e. The van der Waals surface area contributed by atoms with Gasteiger partial charge in [0.1, 0.15) is 13.2 Å². The summed E-state index contributed by atoms with van der Waals surface area (Å²) in [5.74, 6) is -4.38. The maximum atomic E-state index is 11.8. The van der Waals surface area contributed by atoms with Crippen LogP contribution in [0.4, 0.5) is 0 Å². The van der Waals surface area contributed by atoms with Crippen molar-refractivity contribution in [3.05, 3.63) is 0 Å². The fourth-order valence-corrected chi connectivity index (χ4v) is 3.10. The molecule has 2 aliphatic heterocycles. The zero-order chi connectivity index (χ0) is 26.5. The van der Waals surface area contributed by atoms with Gasteiger partial charge in [0, 0.05) is 51.4 Å². The number of ketones is 2. The number of rotatable bonds is 17. The van der Waals surface area contributed by atoms with E-state index in [-0.39, 0.29) is 102 Å². The van der Waals surface area contributed by atoms with Crippen LogP contribution >= 0.6 is 0 Å². The molecule has 36 heavy (non-hydrogen) atoms. The lowest BCUT2D eigenvalue weighted by molar-refractivity contribution is -0.197. The zero-order valence-corrected chi connectivity index (χ0v) is 19.7. The van der Waals surface area contributed by atoms with Crippen molar-refractivity contribution in [3.63, 3.8) is 0 Å². The van der Waals surface area contributed by atoms with Crippen LogP contribution in [0.3, 0.4) is 0 Å². The number of hydrogen-bond acceptors (Lipinski definition) is 12. The third-order valence-electron chi connectivity index (χ3n) is 4.97. The summed E-state index contributed by atoms with van der Waals surface area (Å²) in [4.78, 5) is 102. The van der Waals surface area contributed by atoms with Gasteiger partial charge in [-0.3, -0.25) is 28.8 Å². The summed E-state index contributed by atoms with van der Waals surface area (Å²) in [5, 5.41) is 0.905. The SMILES string of the molecule is O=C(CCCC(=O)ON1C(=O)CCC1=O)COCCOCC(=O)CCCC(=O)ON1C(=O)CCC1=O. The second-order valence-corrected chi connectivity index (χ2v) is 7.98. The van der Waals surface area contributed by atoms with E-state index in [2.05, 4.69) is 0 Å². The predicted molar refractivity (Wildman–Crippen MR) is 114 cm³/mol. The van der Waals surface area contributed by atoms with Gasteiger partial charge in [0.2, 0.25) is 0 Å². The molecule has 0 unspecified atom stereocenters. The summed E-state index contributed by atoms with van der Waals surface area (Å²) < 4.78 is 10.3. The fourth-order valence-electron chi connectivity index (χ4n) is 3.10. The van der Waals surface area contributed by atoms with Crippen LogP contribution in [0.15, 0.2) is 0 Å². The van der Waals surface area contributed by atoms with Crippen LogP contribution in [-0.4, -0.2) is 83.7 Å². The maximum absolute atomic E-state index is 11.8. The molecule has 2 heterocycles. The van der Waals surface area contributed by atoms with E-state index in [9.17, 15) is 38.4 Å². The van der Waals surface area contributed by atoms with Gasteiger partial charge in [0.05, 0.1) is 13.2 Å². The molecule has 0 radical (unpaired) electrons. The number of imide groups is 2. The Morgan fingerprint density at radius 3 is 1.22 bits per heavy atom. The van der Waals surface area contributed by atoms with Crippen LogP contribution < -0.4 is 0 Å². The van der Waals surface area contributed by atoms with Crippen LogP contribution in [-0.2, 0) is 57.5 Å². The van der Waals surface area contributed by atoms with E-state index in [4.69, 9.17) is 19.1 Å². The normalized spacial score (nSPS) is 15.6. The molecule has 2 aliphatic rings. The number of nitrogens with zero attached hydrogens (tertiary/aromatic N) is 2. The highest BCUT2D eigenvalue weighted by molar-refractivity contribution is 6.02. The molecule has 0 bridgehead atoms. The summed E-state index contributed by atoms with van der Waals surface area (Å²) in [6, 6.07) is 0. The molecule has 0 aromatic carbocycles. The van der Waals surface area contributed by atoms with Crippen molar-refractivity contribution in [2.45, 2.75) is 64.2 Å². The smallest absolute Gasteiger partial charge is 0.333 e. The number of hydroxylamine groups is 4. The highest BCUT2D eigenvalue weighted by atomic mass is 16.7. The van der Waals surface area contributed by atoms with Gasteiger partial charge < -0.3 is 19.1 Å². The minimum atomic E-state index is -0.779. The lowest BCUT2D eigenvalue weighted by atomic mass is 10.2. The topological polar surface area (TPSA) is 180 Å². The fraction of sp³-hybridized carbons (Fsp3) is 0.636. The van der Waals surface area contributed by atoms with E-state index < -0.39 is 35.6 Å². The van der Waals surface area contributed by atoms with Crippen molar-refractivity contribution in [3.8, 4) is 0 Å². The lowest BCUT2D eigenvalue weighted by Crippen LogP contribution is -2.32. The summed E-state index contributed by atoms with van der Waals surface area (Å²) in [6.45, 7) is -0.298. The first-order chi connectivity index (χ1) is 17.2. The molecule has 0 aromatic rings. The van der Waals surface area contributed by atoms with Gasteiger partial charge in [-0.1, -0.05) is 0 Å². The third-order valence-corrected chi connectivity index (χ3v) is 4.97. The summed E-state index contributed by atoms with van der Waals surface area (Å²) in [5.41, 5.74) is 0. The van der Waals surface area contributed by atoms with Crippen molar-refractivity contribution in [1.82, 2.24) is 10.1 Å². The average Bonchev–Trinajstić information content (AvgIpc) is 3.31. The number of ether oxygens (including phenoxy) is 2. The zero-order valence-electron chi connectivity index (χ0n) is 19.7. The Hall–Kier alpha value is -3.52. The lowest BCUT2D eigenvalue weighted by Gasteiger charge is -2.12. The third kappa shape index (κ3) is 10.00. The van der Waals surface area contributed by atoms with E-state index in [1.807, 2.05) is 0 Å². The monoisotopic (exact) mass is 512 g/mol. The highest BCUT2D eigenvalue weighted by Gasteiger charge is 2.33. The van der Waals surface area contributed by atoms with Crippen molar-refractivity contribution >= 4 is 47.1 Å². The maximum Gasteiger partial charge on any atom is 0.333 e. The quantitative estimate of drug-likeness (QED) is 0.184. The molecule has 198 valence electrons. The van der Waals surface area contributed by atoms with Crippen LogP contribution in [0, 0.1) is 0 Å². The van der Waals surface area contributed by atoms with Gasteiger partial charge in [-0.15, -0.1) is 10.1 Å². The number of Topliss-reactive ketones (excluding diaryl/α,β-unsaturated/α-hetero) is 2. The number of carbonyl (C=O) groups excluding carboxylic acids is 8. The van der Waals surface area contributed by atoms with Crippen LogP contribution in [0.1, 0.15) is 64.2 Å². The second kappa shape index (κ2) is 14.8. The Morgan fingerprint density at radius 1 is 0.556 bits per heavy atom. The van der Waals surface area contributed by atoms with Gasteiger partial charge in [-0.05, 0) is 12.8 Å². The molecular formula is C22H28N2O12. The summed E-state index contributed by atoms with van der Waals surface area (Å²) in [6.07, 6.45) is 0.151. The van der Waals surface area contributed by atoms with E-state index in [0.717, 1.165) is 0 Å². The molecule has 2 saturated heterocycles. The van der Waals surface area contributed by atoms with Gasteiger partial charge in [-0.25, -0.2) is 9.59 Å². The highest BCUT2D eigenvalue weighted by Crippen LogP contribution is 2.14. The van der Waals surface area contributed by atoms with Crippen molar-refractivity contribution < 1.29 is 57.5 Å². The summed E-state index contributed by atoms with van der Waals surface area (Å²) in [7, 11) is 0. The summed E-state index contributed by atoms with van der Waals surface area (Å²) >= 11 is 0. The molecule has 14 nitrogen and oxygen atoms in total. The molecule has 0 saturated carbocycles. The van der Waals surface area contributed by atoms with Crippen LogP contribution in [0.25, 0.3) is 0 Å². The van der Waals surface area contributed by atoms with E-state index in [0.29, 0.717) is 10.1 Å². The number of hydrogen-bond donors (Lipinski definition) is 0. The minimum absolute atomic E-state index is 0.00330. The standard InChI is InChI=1S/C22H28N2O12/c25-15(3-1-5-21(31)35-23-17(27)7-8-18(23)28)13-33-11-12-34-14-16(26)4-2-6-22(32)36-24-19(29)9-10-20(24)30/h1-14H2. The predicted octanol–water partition coefficient (Wildman–Crippen LogP) is -0.287. The first kappa shape index (κ1) is 28.7. The van der Waals surface area contributed by atoms with Crippen LogP contribution in [0.2, 0.25) is 0 Å². The van der Waals surface area contributed by atoms with Crippen molar-refractivity contribution in [1.29, 1.82) is 0 Å². The van der Waals surface area contributed by atoms with Gasteiger partial charge in [0.25, 0.3) is 23.6 Å². The molecule has 0 N–H and O–H groups in total. The first-order valence-electron chi connectivity index (χ1n) is 11.5. The molecule has 0 atom stereocenters. The molecule has 0 spiro atoms. The number of amides is 4. The van der Waals surface area contributed by atoms with E-state index >= 15 is 0 Å². The van der Waals surface area contributed by atoms with E-state index in [1.165, 1.54) is 0 Å². The molecule has 0 aromatic heterocycles. The molecule has 2 fully saturated rings. The molecule has 0 aliphatic carbocycles. The van der Waals surface area contributed by atoms with E-state index in [1.54, 1.807) is 0 Å². The van der Waals surface area contributed by atoms with Crippen molar-refractivity contribution in [2.24, 2.45) is 0 Å². The number of carbonyl (C=O) groups is 8. The molecule has 14 heteroatoms. The Kier molecular flexibility index (Phi) is 11.8. The van der Waals surface area contributed by atoms with Gasteiger partial charge >= 0.3 is 11.9 Å². The molecular weight excluding hydrogens is 484 g/mol. The van der Waals surface area contributed by atoms with Crippen molar-refractivity contribution in [2.75, 3.05) is 26.4 Å². The van der Waals surface area contributed by atoms with Crippen LogP contribution in [0.5, 0.6) is 0 Å². The Labute approximate surface area is 206 Å². The first-order valence-corrected chi connectivity index (χ1v) is 11.5. The van der Waals surface area contributed by atoms with Gasteiger partial charge in [-0.2, -0.15) is 0 Å². The molecule has 4 amide bonds. The Morgan fingerprint density at radius 2 is 0.889 bits per heavy atom. The average molecular weight is 512 g/mol. The van der Waals surface area contributed by atoms with Gasteiger partial charge in [0.15, 0.2) is 11.6 Å². The molecule has 2 rings (SSSR count). The Bertz CT molecular complexity index is 795.